The van der Waals surface area contributed by atoms with E-state index in [4.69, 9.17) is 4.74 Å². The second-order valence-electron chi connectivity index (χ2n) is 9.66. The zero-order valence-corrected chi connectivity index (χ0v) is 20.4. The number of hydrogen-bond acceptors (Lipinski definition) is 4. The number of carbonyl (C=O) groups excluding carboxylic acids is 2. The largest absolute Gasteiger partial charge is 0.471 e. The molecule has 0 aromatic heterocycles. The normalized spacial score (nSPS) is 19.9. The second kappa shape index (κ2) is 11.4. The number of carbonyl (C=O) groups is 2. The van der Waals surface area contributed by atoms with Crippen LogP contribution < -0.4 is 10.6 Å². The SMILES string of the molecule is CN(C(=O)c1ccc(NC(=O)C(F)(F)F)cc1)[C@H]1CCc2cc(CNCC3CCCOC3)ccc2C1. The fourth-order valence-corrected chi connectivity index (χ4v) is 4.89. The van der Waals surface area contributed by atoms with Crippen LogP contribution in [0, 0.1) is 5.92 Å². The van der Waals surface area contributed by atoms with Gasteiger partial charge in [0.25, 0.3) is 5.91 Å². The molecule has 6 nitrogen and oxygen atoms in total. The molecule has 0 radical (unpaired) electrons. The third-order valence-corrected chi connectivity index (χ3v) is 7.01. The minimum atomic E-state index is -4.96. The van der Waals surface area contributed by atoms with Gasteiger partial charge < -0.3 is 20.3 Å². The Morgan fingerprint density at radius 3 is 2.56 bits per heavy atom. The van der Waals surface area contributed by atoms with E-state index >= 15 is 0 Å². The summed E-state index contributed by atoms with van der Waals surface area (Å²) in [6, 6.07) is 12.0. The van der Waals surface area contributed by atoms with Crippen LogP contribution in [-0.2, 0) is 28.9 Å². The Balaban J connectivity index is 1.30. The molecule has 1 unspecified atom stereocenters. The van der Waals surface area contributed by atoms with Gasteiger partial charge >= 0.3 is 12.1 Å². The maximum absolute atomic E-state index is 13.0. The van der Waals surface area contributed by atoms with E-state index < -0.39 is 12.1 Å². The van der Waals surface area contributed by atoms with Crippen LogP contribution in [0.1, 0.15) is 46.3 Å². The number of nitrogens with zero attached hydrogens (tertiary/aromatic N) is 1. The first-order valence-corrected chi connectivity index (χ1v) is 12.3. The van der Waals surface area contributed by atoms with Gasteiger partial charge in [0.15, 0.2) is 0 Å². The van der Waals surface area contributed by atoms with Crippen molar-refractivity contribution in [3.8, 4) is 0 Å². The van der Waals surface area contributed by atoms with E-state index in [2.05, 4.69) is 23.5 Å². The molecule has 9 heteroatoms. The van der Waals surface area contributed by atoms with Crippen molar-refractivity contribution in [3.63, 3.8) is 0 Å². The van der Waals surface area contributed by atoms with Gasteiger partial charge in [-0.2, -0.15) is 13.2 Å². The Morgan fingerprint density at radius 1 is 1.08 bits per heavy atom. The molecule has 4 rings (SSSR count). The Bertz CT molecular complexity index is 1070. The van der Waals surface area contributed by atoms with E-state index in [-0.39, 0.29) is 17.6 Å². The molecule has 194 valence electrons. The molecule has 0 spiro atoms. The van der Waals surface area contributed by atoms with Crippen molar-refractivity contribution in [1.82, 2.24) is 10.2 Å². The molecule has 36 heavy (non-hydrogen) atoms. The first-order chi connectivity index (χ1) is 17.2. The van der Waals surface area contributed by atoms with Crippen molar-refractivity contribution in [1.29, 1.82) is 0 Å². The quantitative estimate of drug-likeness (QED) is 0.590. The smallest absolute Gasteiger partial charge is 0.381 e. The first-order valence-electron chi connectivity index (χ1n) is 12.3. The summed E-state index contributed by atoms with van der Waals surface area (Å²) in [6.07, 6.45) is -0.147. The van der Waals surface area contributed by atoms with Crippen molar-refractivity contribution in [2.24, 2.45) is 5.92 Å². The fraction of sp³-hybridized carbons (Fsp3) is 0.481. The zero-order chi connectivity index (χ0) is 25.7. The molecule has 2 amide bonds. The van der Waals surface area contributed by atoms with Gasteiger partial charge in [-0.25, -0.2) is 0 Å². The van der Waals surface area contributed by atoms with Crippen molar-refractivity contribution < 1.29 is 27.5 Å². The van der Waals surface area contributed by atoms with Crippen LogP contribution in [0.25, 0.3) is 0 Å². The van der Waals surface area contributed by atoms with Crippen molar-refractivity contribution in [2.45, 2.75) is 50.9 Å². The molecular weight excluding hydrogens is 471 g/mol. The lowest BCUT2D eigenvalue weighted by molar-refractivity contribution is -0.167. The van der Waals surface area contributed by atoms with Gasteiger partial charge in [-0.3, -0.25) is 9.59 Å². The molecule has 2 aromatic rings. The molecule has 1 aliphatic heterocycles. The Morgan fingerprint density at radius 2 is 1.86 bits per heavy atom. The molecular formula is C27H32F3N3O3. The lowest BCUT2D eigenvalue weighted by atomic mass is 9.86. The highest BCUT2D eigenvalue weighted by Gasteiger charge is 2.38. The van der Waals surface area contributed by atoms with Crippen molar-refractivity contribution >= 4 is 17.5 Å². The molecule has 0 bridgehead atoms. The third kappa shape index (κ3) is 6.64. The van der Waals surface area contributed by atoms with Crippen LogP contribution in [0.15, 0.2) is 42.5 Å². The molecule has 1 fully saturated rings. The Kier molecular flexibility index (Phi) is 8.31. The number of likely N-dealkylation sites (N-methyl/N-ethyl adjacent to an activating group) is 1. The van der Waals surface area contributed by atoms with Gasteiger partial charge in [0, 0.05) is 44.0 Å². The van der Waals surface area contributed by atoms with Crippen LogP contribution in [0.5, 0.6) is 0 Å². The highest BCUT2D eigenvalue weighted by Crippen LogP contribution is 2.27. The highest BCUT2D eigenvalue weighted by molar-refractivity contribution is 5.97. The molecule has 2 N–H and O–H groups in total. The molecule has 2 aromatic carbocycles. The van der Waals surface area contributed by atoms with Crippen LogP contribution in [0.4, 0.5) is 18.9 Å². The topological polar surface area (TPSA) is 70.7 Å². The summed E-state index contributed by atoms with van der Waals surface area (Å²) in [6.45, 7) is 3.50. The van der Waals surface area contributed by atoms with Gasteiger partial charge in [0.1, 0.15) is 0 Å². The number of aryl methyl sites for hydroxylation is 1. The molecule has 2 aliphatic rings. The summed E-state index contributed by atoms with van der Waals surface area (Å²) >= 11 is 0. The summed E-state index contributed by atoms with van der Waals surface area (Å²) in [5, 5.41) is 5.33. The third-order valence-electron chi connectivity index (χ3n) is 7.01. The highest BCUT2D eigenvalue weighted by atomic mass is 19.4. The van der Waals surface area contributed by atoms with Gasteiger partial charge in [0.05, 0.1) is 6.61 Å². The minimum Gasteiger partial charge on any atom is -0.381 e. The predicted octanol–water partition coefficient (Wildman–Crippen LogP) is 4.33. The fourth-order valence-electron chi connectivity index (χ4n) is 4.89. The second-order valence-corrected chi connectivity index (χ2v) is 9.66. The van der Waals surface area contributed by atoms with E-state index in [1.807, 2.05) is 0 Å². The lowest BCUT2D eigenvalue weighted by Crippen LogP contribution is -2.40. The van der Waals surface area contributed by atoms with E-state index in [0.717, 1.165) is 52.0 Å². The molecule has 1 aliphatic carbocycles. The van der Waals surface area contributed by atoms with Gasteiger partial charge in [-0.1, -0.05) is 18.2 Å². The summed E-state index contributed by atoms with van der Waals surface area (Å²) in [5.74, 6) is -1.66. The number of nitrogens with one attached hydrogen (secondary N) is 2. The number of fused-ring (bicyclic) bond motifs is 1. The summed E-state index contributed by atoms with van der Waals surface area (Å²) < 4.78 is 42.8. The Hall–Kier alpha value is -2.91. The van der Waals surface area contributed by atoms with E-state index in [1.165, 1.54) is 47.4 Å². The number of ether oxygens (including phenoxy) is 1. The van der Waals surface area contributed by atoms with E-state index in [9.17, 15) is 22.8 Å². The van der Waals surface area contributed by atoms with Crippen LogP contribution in [0.3, 0.4) is 0 Å². The van der Waals surface area contributed by atoms with Gasteiger partial charge in [0.2, 0.25) is 0 Å². The molecule has 1 saturated heterocycles. The maximum Gasteiger partial charge on any atom is 0.471 e. The van der Waals surface area contributed by atoms with Crippen LogP contribution in [-0.4, -0.2) is 55.7 Å². The van der Waals surface area contributed by atoms with Crippen LogP contribution in [0.2, 0.25) is 0 Å². The van der Waals surface area contributed by atoms with E-state index in [0.29, 0.717) is 11.5 Å². The van der Waals surface area contributed by atoms with Crippen molar-refractivity contribution in [2.75, 3.05) is 32.1 Å². The monoisotopic (exact) mass is 503 g/mol. The number of amides is 2. The van der Waals surface area contributed by atoms with Gasteiger partial charge in [-0.05, 0) is 79.0 Å². The average Bonchev–Trinajstić information content (AvgIpc) is 2.88. The number of benzene rings is 2. The lowest BCUT2D eigenvalue weighted by Gasteiger charge is -2.33. The number of anilines is 1. The first kappa shape index (κ1) is 26.2. The Labute approximate surface area is 209 Å². The zero-order valence-electron chi connectivity index (χ0n) is 20.4. The summed E-state index contributed by atoms with van der Waals surface area (Å²) in [7, 11) is 1.75. The van der Waals surface area contributed by atoms with Crippen LogP contribution >= 0.6 is 0 Å². The maximum atomic E-state index is 13.0. The van der Waals surface area contributed by atoms with Gasteiger partial charge in [-0.15, -0.1) is 0 Å². The number of halogens is 3. The average molecular weight is 504 g/mol. The minimum absolute atomic E-state index is 0.0134. The molecule has 1 heterocycles. The van der Waals surface area contributed by atoms with Crippen molar-refractivity contribution in [3.05, 3.63) is 64.7 Å². The predicted molar refractivity (Wildman–Crippen MR) is 131 cm³/mol. The number of hydrogen-bond donors (Lipinski definition) is 2. The standard InChI is InChI=1S/C27H32F3N3O3/c1-33(25(34)20-6-9-23(10-7-20)32-26(35)27(28,29)30)24-11-8-21-13-18(4-5-22(21)14-24)15-31-16-19-3-2-12-36-17-19/h4-7,9-10,13,19,24,31H,2-3,8,11-12,14-17H2,1H3,(H,32,35)/t19?,24-/m0/s1. The number of alkyl halides is 3. The number of rotatable bonds is 7. The van der Waals surface area contributed by atoms with E-state index in [1.54, 1.807) is 17.3 Å². The summed E-state index contributed by atoms with van der Waals surface area (Å²) in [5.41, 5.74) is 4.15. The molecule has 0 saturated carbocycles. The molecule has 2 atom stereocenters. The summed E-state index contributed by atoms with van der Waals surface area (Å²) in [4.78, 5) is 25.8.